The van der Waals surface area contributed by atoms with Crippen LogP contribution in [0.25, 0.3) is 0 Å². The topological polar surface area (TPSA) is 108 Å². The van der Waals surface area contributed by atoms with Gasteiger partial charge < -0.3 is 20.1 Å². The first-order valence-electron chi connectivity index (χ1n) is 8.29. The molecule has 1 atom stereocenters. The number of nitro benzene ring substituents is 1. The third kappa shape index (κ3) is 2.69. The molecule has 26 heavy (non-hydrogen) atoms. The Morgan fingerprint density at radius 1 is 1.19 bits per heavy atom. The van der Waals surface area contributed by atoms with Crippen molar-refractivity contribution < 1.29 is 19.2 Å². The summed E-state index contributed by atoms with van der Waals surface area (Å²) in [6, 6.07) is 10.1. The molecule has 2 aromatic carbocycles. The lowest BCUT2D eigenvalue weighted by molar-refractivity contribution is -0.384. The number of nitrogens with zero attached hydrogens (tertiary/aromatic N) is 2. The van der Waals surface area contributed by atoms with E-state index in [1.165, 1.54) is 12.1 Å². The molecule has 0 aromatic heterocycles. The predicted octanol–water partition coefficient (Wildman–Crippen LogP) is 2.76. The van der Waals surface area contributed by atoms with Crippen molar-refractivity contribution in [1.29, 1.82) is 0 Å². The Bertz CT molecular complexity index is 898. The number of fused-ring (bicyclic) bond motifs is 1. The molecule has 2 N–H and O–H groups in total. The van der Waals surface area contributed by atoms with Crippen molar-refractivity contribution in [2.45, 2.75) is 18.9 Å². The molecular formula is C18H17N3O5. The average Bonchev–Trinajstić information content (AvgIpc) is 3.29. The van der Waals surface area contributed by atoms with E-state index in [1.807, 2.05) is 23.1 Å². The average molecular weight is 355 g/mol. The van der Waals surface area contributed by atoms with E-state index in [-0.39, 0.29) is 24.1 Å². The van der Waals surface area contributed by atoms with E-state index in [0.717, 1.165) is 18.4 Å². The first-order chi connectivity index (χ1) is 12.5. The van der Waals surface area contributed by atoms with E-state index in [4.69, 9.17) is 15.2 Å². The minimum absolute atomic E-state index is 0.0115. The molecule has 0 saturated carbocycles. The molecule has 0 aliphatic carbocycles. The van der Waals surface area contributed by atoms with Crippen molar-refractivity contribution in [2.75, 3.05) is 18.2 Å². The Hall–Kier alpha value is -3.29. The molecular weight excluding hydrogens is 338 g/mol. The van der Waals surface area contributed by atoms with Crippen molar-refractivity contribution in [3.63, 3.8) is 0 Å². The Labute approximate surface area is 149 Å². The molecule has 8 nitrogen and oxygen atoms in total. The van der Waals surface area contributed by atoms with Gasteiger partial charge in [0.25, 0.3) is 5.69 Å². The van der Waals surface area contributed by atoms with Gasteiger partial charge in [0.1, 0.15) is 5.69 Å². The van der Waals surface area contributed by atoms with Crippen LogP contribution in [0.5, 0.6) is 11.5 Å². The molecule has 0 spiro atoms. The lowest BCUT2D eigenvalue weighted by atomic mass is 10.0. The highest BCUT2D eigenvalue weighted by atomic mass is 16.7. The van der Waals surface area contributed by atoms with Crippen molar-refractivity contribution in [2.24, 2.45) is 5.73 Å². The minimum atomic E-state index is -0.687. The van der Waals surface area contributed by atoms with Crippen molar-refractivity contribution in [3.05, 3.63) is 57.6 Å². The molecule has 2 aliphatic rings. The maximum absolute atomic E-state index is 11.5. The molecule has 2 heterocycles. The van der Waals surface area contributed by atoms with Crippen LogP contribution < -0.4 is 20.1 Å². The summed E-state index contributed by atoms with van der Waals surface area (Å²) in [6.07, 6.45) is 1.78. The number of primary amides is 1. The molecule has 8 heteroatoms. The van der Waals surface area contributed by atoms with Crippen LogP contribution in [-0.4, -0.2) is 24.2 Å². The molecule has 0 radical (unpaired) electrons. The highest BCUT2D eigenvalue weighted by Gasteiger charge is 2.32. The standard InChI is InChI=1S/C18H17N3O5/c19-18(22)12-3-5-14(15(8-12)21(23)24)20-7-1-2-13(20)11-4-6-16-17(9-11)26-10-25-16/h3-6,8-9,13H,1-2,7,10H2,(H2,19,22). The normalized spacial score (nSPS) is 18.2. The molecule has 1 unspecified atom stereocenters. The van der Waals surface area contributed by atoms with Crippen LogP contribution in [0.2, 0.25) is 0 Å². The van der Waals surface area contributed by atoms with Gasteiger partial charge in [0.15, 0.2) is 11.5 Å². The fourth-order valence-electron chi connectivity index (χ4n) is 3.59. The number of hydrogen-bond donors (Lipinski definition) is 1. The van der Waals surface area contributed by atoms with E-state index in [0.29, 0.717) is 23.7 Å². The maximum Gasteiger partial charge on any atom is 0.293 e. The van der Waals surface area contributed by atoms with Gasteiger partial charge in [-0.2, -0.15) is 0 Å². The van der Waals surface area contributed by atoms with Crippen molar-refractivity contribution in [3.8, 4) is 11.5 Å². The van der Waals surface area contributed by atoms with Gasteiger partial charge in [-0.25, -0.2) is 0 Å². The van der Waals surface area contributed by atoms with Gasteiger partial charge in [-0.1, -0.05) is 6.07 Å². The summed E-state index contributed by atoms with van der Waals surface area (Å²) in [6.45, 7) is 0.892. The van der Waals surface area contributed by atoms with Gasteiger partial charge in [0.2, 0.25) is 12.7 Å². The molecule has 1 amide bonds. The summed E-state index contributed by atoms with van der Waals surface area (Å²) in [5.74, 6) is 0.705. The summed E-state index contributed by atoms with van der Waals surface area (Å²) >= 11 is 0. The van der Waals surface area contributed by atoms with Crippen LogP contribution in [-0.2, 0) is 0 Å². The lowest BCUT2D eigenvalue weighted by Gasteiger charge is -2.27. The van der Waals surface area contributed by atoms with Crippen LogP contribution in [0.4, 0.5) is 11.4 Å². The number of rotatable bonds is 4. The predicted molar refractivity (Wildman–Crippen MR) is 93.5 cm³/mol. The second kappa shape index (κ2) is 6.21. The van der Waals surface area contributed by atoms with E-state index in [2.05, 4.69) is 0 Å². The summed E-state index contributed by atoms with van der Waals surface area (Å²) in [4.78, 5) is 24.4. The fourth-order valence-corrected chi connectivity index (χ4v) is 3.59. The lowest BCUT2D eigenvalue weighted by Crippen LogP contribution is -2.24. The number of nitrogens with two attached hydrogens (primary N) is 1. The van der Waals surface area contributed by atoms with E-state index in [9.17, 15) is 14.9 Å². The number of amides is 1. The Morgan fingerprint density at radius 3 is 2.77 bits per heavy atom. The summed E-state index contributed by atoms with van der Waals surface area (Å²) in [5.41, 5.74) is 6.76. The second-order valence-electron chi connectivity index (χ2n) is 6.29. The number of benzene rings is 2. The summed E-state index contributed by atoms with van der Waals surface area (Å²) < 4.78 is 10.8. The van der Waals surface area contributed by atoms with Gasteiger partial charge in [0.05, 0.1) is 11.0 Å². The number of hydrogen-bond acceptors (Lipinski definition) is 6. The van der Waals surface area contributed by atoms with E-state index in [1.54, 1.807) is 6.07 Å². The van der Waals surface area contributed by atoms with Gasteiger partial charge in [-0.15, -0.1) is 0 Å². The van der Waals surface area contributed by atoms with Crippen molar-refractivity contribution in [1.82, 2.24) is 0 Å². The quantitative estimate of drug-likeness (QED) is 0.667. The van der Waals surface area contributed by atoms with E-state index < -0.39 is 10.8 Å². The molecule has 1 fully saturated rings. The number of ether oxygens (including phenoxy) is 2. The first-order valence-corrected chi connectivity index (χ1v) is 8.29. The van der Waals surface area contributed by atoms with Crippen LogP contribution in [0, 0.1) is 10.1 Å². The van der Waals surface area contributed by atoms with Crippen LogP contribution in [0.3, 0.4) is 0 Å². The van der Waals surface area contributed by atoms with Crippen LogP contribution in [0.15, 0.2) is 36.4 Å². The van der Waals surface area contributed by atoms with Crippen LogP contribution >= 0.6 is 0 Å². The molecule has 2 aromatic rings. The second-order valence-corrected chi connectivity index (χ2v) is 6.29. The number of nitro groups is 1. The highest BCUT2D eigenvalue weighted by molar-refractivity contribution is 5.94. The third-order valence-electron chi connectivity index (χ3n) is 4.80. The molecule has 2 aliphatic heterocycles. The van der Waals surface area contributed by atoms with Crippen molar-refractivity contribution >= 4 is 17.3 Å². The third-order valence-corrected chi connectivity index (χ3v) is 4.80. The Kier molecular flexibility index (Phi) is 3.87. The number of anilines is 1. The zero-order chi connectivity index (χ0) is 18.3. The van der Waals surface area contributed by atoms with Gasteiger partial charge in [0, 0.05) is 18.2 Å². The fraction of sp³-hybridized carbons (Fsp3) is 0.278. The monoisotopic (exact) mass is 355 g/mol. The first kappa shape index (κ1) is 16.2. The summed E-state index contributed by atoms with van der Waals surface area (Å²) in [7, 11) is 0. The van der Waals surface area contributed by atoms with Gasteiger partial charge >= 0.3 is 0 Å². The Morgan fingerprint density at radius 2 is 2.00 bits per heavy atom. The minimum Gasteiger partial charge on any atom is -0.454 e. The zero-order valence-electron chi connectivity index (χ0n) is 13.9. The zero-order valence-corrected chi connectivity index (χ0v) is 13.9. The summed E-state index contributed by atoms with van der Waals surface area (Å²) in [5, 5.41) is 11.5. The molecule has 4 rings (SSSR count). The van der Waals surface area contributed by atoms with Gasteiger partial charge in [-0.05, 0) is 42.7 Å². The molecule has 1 saturated heterocycles. The highest BCUT2D eigenvalue weighted by Crippen LogP contribution is 2.43. The number of carbonyl (C=O) groups excluding carboxylic acids is 1. The van der Waals surface area contributed by atoms with Gasteiger partial charge in [-0.3, -0.25) is 14.9 Å². The maximum atomic E-state index is 11.5. The molecule has 134 valence electrons. The van der Waals surface area contributed by atoms with E-state index >= 15 is 0 Å². The smallest absolute Gasteiger partial charge is 0.293 e. The number of carbonyl (C=O) groups is 1. The van der Waals surface area contributed by atoms with Crippen LogP contribution in [0.1, 0.15) is 34.8 Å². The molecule has 0 bridgehead atoms. The largest absolute Gasteiger partial charge is 0.454 e. The SMILES string of the molecule is NC(=O)c1ccc(N2CCCC2c2ccc3c(c2)OCO3)c([N+](=O)[O-])c1. The Balaban J connectivity index is 1.73.